The molecule has 0 fully saturated rings. The number of rotatable bonds is 1. The highest BCUT2D eigenvalue weighted by Gasteiger charge is 2.06. The van der Waals surface area contributed by atoms with E-state index in [1.165, 1.54) is 10.2 Å². The predicted octanol–water partition coefficient (Wildman–Crippen LogP) is 3.10. The van der Waals surface area contributed by atoms with Crippen molar-refractivity contribution in [3.8, 4) is 0 Å². The number of para-hydroxylation sites is 1. The maximum Gasteiger partial charge on any atom is 0.226 e. The molecule has 3 heteroatoms. The lowest BCUT2D eigenvalue weighted by atomic mass is 10.3. The summed E-state index contributed by atoms with van der Waals surface area (Å²) in [6.07, 6.45) is 0. The zero-order valence-corrected chi connectivity index (χ0v) is 9.61. The Labute approximate surface area is 88.4 Å². The molecule has 0 aliphatic carbocycles. The van der Waals surface area contributed by atoms with E-state index in [-0.39, 0.29) is 0 Å². The summed E-state index contributed by atoms with van der Waals surface area (Å²) < 4.78 is 3.45. The fourth-order valence-electron chi connectivity index (χ4n) is 1.08. The van der Waals surface area contributed by atoms with Gasteiger partial charge in [0.2, 0.25) is 11.0 Å². The summed E-state index contributed by atoms with van der Waals surface area (Å²) in [6.45, 7) is 4.00. The van der Waals surface area contributed by atoms with Crippen LogP contribution in [-0.2, 0) is 5.88 Å². The van der Waals surface area contributed by atoms with Gasteiger partial charge in [-0.25, -0.2) is 0 Å². The van der Waals surface area contributed by atoms with Gasteiger partial charge in [-0.05, 0) is 6.07 Å². The maximum atomic E-state index is 4.22. The molecule has 0 saturated carbocycles. The Hall–Kier alpha value is -0.540. The van der Waals surface area contributed by atoms with Gasteiger partial charge < -0.3 is 0 Å². The molecule has 0 aliphatic rings. The van der Waals surface area contributed by atoms with Gasteiger partial charge >= 0.3 is 0 Å². The summed E-state index contributed by atoms with van der Waals surface area (Å²) in [5.74, 6) is 0.754. The number of benzene rings is 1. The highest BCUT2D eigenvalue weighted by Crippen LogP contribution is 2.14. The van der Waals surface area contributed by atoms with E-state index in [9.17, 15) is 0 Å². The second kappa shape index (κ2) is 5.25. The van der Waals surface area contributed by atoms with Gasteiger partial charge in [-0.2, -0.15) is 4.57 Å². The van der Waals surface area contributed by atoms with E-state index in [0.717, 1.165) is 5.88 Å². The highest BCUT2D eigenvalue weighted by molar-refractivity contribution is 7.78. The van der Waals surface area contributed by atoms with Crippen LogP contribution in [-0.4, -0.2) is 0 Å². The first kappa shape index (κ1) is 10.5. The Bertz CT molecular complexity index is 368. The van der Waals surface area contributed by atoms with Crippen LogP contribution in [0.3, 0.4) is 0 Å². The lowest BCUT2D eigenvalue weighted by molar-refractivity contribution is -0.644. The van der Waals surface area contributed by atoms with Crippen LogP contribution in [0.25, 0.3) is 10.2 Å². The third kappa shape index (κ3) is 2.23. The second-order valence-corrected chi connectivity index (χ2v) is 3.47. The van der Waals surface area contributed by atoms with Crippen molar-refractivity contribution in [1.29, 1.82) is 0 Å². The van der Waals surface area contributed by atoms with E-state index in [4.69, 9.17) is 0 Å². The molecule has 0 atom stereocenters. The summed E-state index contributed by atoms with van der Waals surface area (Å²) in [5.41, 5.74) is 3.37. The third-order valence-corrected chi connectivity index (χ3v) is 2.90. The zero-order valence-electron chi connectivity index (χ0n) is 7.90. The van der Waals surface area contributed by atoms with Crippen molar-refractivity contribution in [3.63, 3.8) is 0 Å². The van der Waals surface area contributed by atoms with Crippen LogP contribution in [0.15, 0.2) is 29.8 Å². The summed E-state index contributed by atoms with van der Waals surface area (Å²) in [7, 11) is 0. The van der Waals surface area contributed by atoms with Crippen LogP contribution in [0, 0.1) is 0 Å². The van der Waals surface area contributed by atoms with Crippen LogP contribution in [0.1, 0.15) is 13.8 Å². The van der Waals surface area contributed by atoms with Gasteiger partial charge in [-0.1, -0.05) is 37.3 Å². The Kier molecular flexibility index (Phi) is 4.25. The van der Waals surface area contributed by atoms with E-state index >= 15 is 0 Å². The Morgan fingerprint density at radius 3 is 2.69 bits per heavy atom. The van der Waals surface area contributed by atoms with Crippen molar-refractivity contribution < 1.29 is 4.57 Å². The number of aromatic nitrogens is 1. The summed E-state index contributed by atoms with van der Waals surface area (Å²) in [4.78, 5) is 0. The van der Waals surface area contributed by atoms with E-state index in [2.05, 4.69) is 47.0 Å². The van der Waals surface area contributed by atoms with Crippen molar-refractivity contribution in [3.05, 3.63) is 29.8 Å². The Morgan fingerprint density at radius 2 is 2.00 bits per heavy atom. The standard InChI is InChI=1S/C8H7NS2.C2H6/c10-5-9-6-11-8-4-2-1-3-7(8)9;1-2/h1-4,6H,5H2;1-2H3/p+1. The molecule has 2 aromatic rings. The Morgan fingerprint density at radius 1 is 1.31 bits per heavy atom. The molecule has 1 nitrogen and oxygen atoms in total. The van der Waals surface area contributed by atoms with Crippen molar-refractivity contribution in [2.75, 3.05) is 0 Å². The maximum absolute atomic E-state index is 4.22. The molecular formula is C10H14NS2+. The van der Waals surface area contributed by atoms with Crippen molar-refractivity contribution in [2.24, 2.45) is 0 Å². The molecule has 2 rings (SSSR count). The minimum absolute atomic E-state index is 0.754. The molecule has 0 N–H and O–H groups in total. The molecule has 70 valence electrons. The third-order valence-electron chi connectivity index (χ3n) is 1.63. The smallest absolute Gasteiger partial charge is 0.179 e. The first-order valence-electron chi connectivity index (χ1n) is 4.38. The average molecular weight is 212 g/mol. The molecule has 0 saturated heterocycles. The molecule has 0 radical (unpaired) electrons. The normalized spacial score (nSPS) is 9.46. The van der Waals surface area contributed by atoms with Gasteiger partial charge in [0.1, 0.15) is 4.70 Å². The molecule has 1 aromatic carbocycles. The van der Waals surface area contributed by atoms with E-state index < -0.39 is 0 Å². The first-order valence-corrected chi connectivity index (χ1v) is 5.89. The van der Waals surface area contributed by atoms with Crippen molar-refractivity contribution in [1.82, 2.24) is 0 Å². The van der Waals surface area contributed by atoms with Gasteiger partial charge in [-0.3, -0.25) is 0 Å². The largest absolute Gasteiger partial charge is 0.226 e. The summed E-state index contributed by atoms with van der Waals surface area (Å²) in [5, 5.41) is 0. The van der Waals surface area contributed by atoms with Gasteiger partial charge in [0.25, 0.3) is 0 Å². The topological polar surface area (TPSA) is 3.88 Å². The fraction of sp³-hybridized carbons (Fsp3) is 0.300. The monoisotopic (exact) mass is 212 g/mol. The average Bonchev–Trinajstić information content (AvgIpc) is 2.64. The van der Waals surface area contributed by atoms with Gasteiger partial charge in [0.15, 0.2) is 5.88 Å². The van der Waals surface area contributed by atoms with Crippen molar-refractivity contribution in [2.45, 2.75) is 19.7 Å². The molecule has 13 heavy (non-hydrogen) atoms. The van der Waals surface area contributed by atoms with Crippen LogP contribution in [0.2, 0.25) is 0 Å². The Balaban J connectivity index is 0.000000396. The lowest BCUT2D eigenvalue weighted by Gasteiger charge is -1.85. The molecule has 0 unspecified atom stereocenters. The highest BCUT2D eigenvalue weighted by atomic mass is 32.1. The number of thiazole rings is 1. The minimum atomic E-state index is 0.754. The molecule has 0 amide bonds. The van der Waals surface area contributed by atoms with Crippen LogP contribution in [0.4, 0.5) is 0 Å². The fourth-order valence-corrected chi connectivity index (χ4v) is 2.32. The van der Waals surface area contributed by atoms with Gasteiger partial charge in [0.05, 0.1) is 0 Å². The van der Waals surface area contributed by atoms with Crippen LogP contribution >= 0.6 is 24.0 Å². The number of hydrogen-bond donors (Lipinski definition) is 1. The molecular weight excluding hydrogens is 198 g/mol. The lowest BCUT2D eigenvalue weighted by Crippen LogP contribution is -2.27. The zero-order chi connectivity index (χ0) is 9.68. The van der Waals surface area contributed by atoms with E-state index in [1.54, 1.807) is 11.3 Å². The molecule has 1 heterocycles. The minimum Gasteiger partial charge on any atom is -0.179 e. The summed E-state index contributed by atoms with van der Waals surface area (Å²) in [6, 6.07) is 8.35. The number of thiol groups is 1. The molecule has 0 aliphatic heterocycles. The van der Waals surface area contributed by atoms with E-state index in [1.807, 2.05) is 13.8 Å². The number of hydrogen-bond acceptors (Lipinski definition) is 2. The molecule has 1 aromatic heterocycles. The summed E-state index contributed by atoms with van der Waals surface area (Å²) >= 11 is 5.97. The number of fused-ring (bicyclic) bond motifs is 1. The van der Waals surface area contributed by atoms with E-state index in [0.29, 0.717) is 0 Å². The molecule has 0 bridgehead atoms. The SMILES string of the molecule is CC.SC[n+]1csc2ccccc21. The van der Waals surface area contributed by atoms with Gasteiger partial charge in [-0.15, -0.1) is 12.6 Å². The first-order chi connectivity index (χ1) is 6.42. The van der Waals surface area contributed by atoms with Crippen LogP contribution < -0.4 is 4.57 Å². The van der Waals surface area contributed by atoms with Crippen molar-refractivity contribution >= 4 is 34.2 Å². The molecule has 0 spiro atoms. The number of nitrogens with zero attached hydrogens (tertiary/aromatic N) is 1. The van der Waals surface area contributed by atoms with Crippen LogP contribution in [0.5, 0.6) is 0 Å². The predicted molar refractivity (Wildman–Crippen MR) is 62.4 cm³/mol. The second-order valence-electron chi connectivity index (χ2n) is 2.30. The van der Waals surface area contributed by atoms with Gasteiger partial charge in [0, 0.05) is 6.07 Å². The quantitative estimate of drug-likeness (QED) is 0.547.